The predicted octanol–water partition coefficient (Wildman–Crippen LogP) is 2.78. The van der Waals surface area contributed by atoms with Gasteiger partial charge in [-0.05, 0) is 62.9 Å². The number of hydrogen-bond donors (Lipinski definition) is 4. The Morgan fingerprint density at radius 2 is 1.85 bits per heavy atom. The lowest BCUT2D eigenvalue weighted by molar-refractivity contribution is 0.0412. The first-order valence-corrected chi connectivity index (χ1v) is 13.5. The molecule has 5 rings (SSSR count). The molecule has 0 atom stereocenters. The average molecular weight is 487 g/mol. The van der Waals surface area contributed by atoms with Crippen LogP contribution in [0.4, 0.5) is 0 Å². The summed E-state index contributed by atoms with van der Waals surface area (Å²) in [5.41, 5.74) is 0.539. The van der Waals surface area contributed by atoms with E-state index in [0.29, 0.717) is 28.8 Å². The molecule has 2 fully saturated rings. The van der Waals surface area contributed by atoms with E-state index in [1.54, 1.807) is 6.07 Å². The molecule has 0 amide bonds. The summed E-state index contributed by atoms with van der Waals surface area (Å²) in [4.78, 5) is 31.3. The Morgan fingerprint density at radius 1 is 1.09 bits per heavy atom. The number of piperidine rings is 1. The topological polar surface area (TPSA) is 133 Å². The molecule has 1 aliphatic heterocycles. The van der Waals surface area contributed by atoms with E-state index in [4.69, 9.17) is 4.74 Å². The van der Waals surface area contributed by atoms with E-state index in [1.807, 2.05) is 0 Å². The van der Waals surface area contributed by atoms with Gasteiger partial charge in [-0.1, -0.05) is 19.3 Å². The van der Waals surface area contributed by atoms with Crippen LogP contribution in [0.2, 0.25) is 0 Å². The van der Waals surface area contributed by atoms with Crippen LogP contribution in [0, 0.1) is 5.92 Å². The molecule has 0 spiro atoms. The van der Waals surface area contributed by atoms with Crippen LogP contribution in [0.25, 0.3) is 21.8 Å². The molecule has 2 aliphatic rings. The quantitative estimate of drug-likeness (QED) is 0.396. The van der Waals surface area contributed by atoms with Crippen LogP contribution in [0.1, 0.15) is 55.3 Å². The van der Waals surface area contributed by atoms with Gasteiger partial charge in [-0.2, -0.15) is 0 Å². The Morgan fingerprint density at radius 3 is 2.62 bits per heavy atom. The van der Waals surface area contributed by atoms with E-state index in [2.05, 4.69) is 20.0 Å². The zero-order chi connectivity index (χ0) is 23.7. The van der Waals surface area contributed by atoms with Crippen LogP contribution in [0.15, 0.2) is 34.1 Å². The molecule has 1 aliphatic carbocycles. The van der Waals surface area contributed by atoms with E-state index in [9.17, 15) is 18.0 Å². The van der Waals surface area contributed by atoms with Crippen molar-refractivity contribution in [1.29, 1.82) is 0 Å². The number of pyridine rings is 1. The second-order valence-electron chi connectivity index (χ2n) is 9.36. The molecule has 3 heterocycles. The summed E-state index contributed by atoms with van der Waals surface area (Å²) in [5, 5.41) is 4.08. The fourth-order valence-corrected chi connectivity index (χ4v) is 6.42. The Balaban J connectivity index is 1.49. The molecule has 0 bridgehead atoms. The number of ether oxygens (including phenoxy) is 1. The van der Waals surface area contributed by atoms with Gasteiger partial charge in [-0.3, -0.25) is 4.79 Å². The number of rotatable bonds is 6. The van der Waals surface area contributed by atoms with E-state index in [0.717, 1.165) is 51.6 Å². The Labute approximate surface area is 197 Å². The second-order valence-corrected chi connectivity index (χ2v) is 11.1. The van der Waals surface area contributed by atoms with Crippen molar-refractivity contribution in [2.45, 2.75) is 55.9 Å². The number of aromatic nitrogens is 2. The SMILES string of the molecule is O=C(OCC1CCCCC1)c1c[nH]c2c(=O)[nH]c3ccc(S(=O)(=O)NC4CCNCC4)cc3c12. The van der Waals surface area contributed by atoms with Gasteiger partial charge in [-0.15, -0.1) is 0 Å². The summed E-state index contributed by atoms with van der Waals surface area (Å²) in [6, 6.07) is 4.43. The number of aromatic amines is 2. The van der Waals surface area contributed by atoms with Gasteiger partial charge < -0.3 is 20.0 Å². The molecule has 4 N–H and O–H groups in total. The second kappa shape index (κ2) is 9.52. The molecular formula is C24H30N4O5S. The third-order valence-electron chi connectivity index (χ3n) is 6.98. The fraction of sp³-hybridized carbons (Fsp3) is 0.500. The standard InChI is InChI=1S/C24H30N4O5S/c29-23-22-21(19(13-26-22)24(30)33-14-15-4-2-1-3-5-15)18-12-17(6-7-20(18)27-23)34(31,32)28-16-8-10-25-11-9-16/h6-7,12-13,15-16,25-26,28H,1-5,8-11,14H2,(H,27,29). The van der Waals surface area contributed by atoms with E-state index in [1.165, 1.54) is 24.8 Å². The number of nitrogens with one attached hydrogen (secondary N) is 4. The zero-order valence-electron chi connectivity index (χ0n) is 19.0. The highest BCUT2D eigenvalue weighted by Crippen LogP contribution is 2.29. The van der Waals surface area contributed by atoms with Gasteiger partial charge in [0.1, 0.15) is 5.52 Å². The average Bonchev–Trinajstić information content (AvgIpc) is 3.30. The Bertz CT molecular complexity index is 1370. The van der Waals surface area contributed by atoms with Gasteiger partial charge in [0.25, 0.3) is 5.56 Å². The number of H-pyrrole nitrogens is 2. The lowest BCUT2D eigenvalue weighted by Gasteiger charge is -2.23. The molecule has 0 radical (unpaired) electrons. The van der Waals surface area contributed by atoms with E-state index >= 15 is 0 Å². The third-order valence-corrected chi connectivity index (χ3v) is 8.50. The minimum absolute atomic E-state index is 0.0922. The van der Waals surface area contributed by atoms with Crippen molar-refractivity contribution in [3.63, 3.8) is 0 Å². The van der Waals surface area contributed by atoms with Gasteiger partial charge in [0, 0.05) is 28.5 Å². The molecule has 2 aromatic heterocycles. The fourth-order valence-electron chi connectivity index (χ4n) is 5.09. The number of fused-ring (bicyclic) bond motifs is 3. The largest absolute Gasteiger partial charge is 0.462 e. The number of carbonyl (C=O) groups excluding carboxylic acids is 1. The maximum Gasteiger partial charge on any atom is 0.340 e. The molecule has 1 saturated carbocycles. The van der Waals surface area contributed by atoms with Crippen molar-refractivity contribution in [3.8, 4) is 0 Å². The first kappa shape index (κ1) is 23.1. The minimum Gasteiger partial charge on any atom is -0.462 e. The van der Waals surface area contributed by atoms with Crippen molar-refractivity contribution >= 4 is 37.8 Å². The highest BCUT2D eigenvalue weighted by Gasteiger charge is 2.24. The lowest BCUT2D eigenvalue weighted by atomic mass is 9.90. The van der Waals surface area contributed by atoms with Crippen LogP contribution in [0.5, 0.6) is 0 Å². The third kappa shape index (κ3) is 4.62. The number of carbonyl (C=O) groups is 1. The van der Waals surface area contributed by atoms with Crippen molar-refractivity contribution in [2.75, 3.05) is 19.7 Å². The molecule has 1 aromatic carbocycles. The molecule has 0 unspecified atom stereocenters. The van der Waals surface area contributed by atoms with Crippen molar-refractivity contribution < 1.29 is 17.9 Å². The predicted molar refractivity (Wildman–Crippen MR) is 129 cm³/mol. The smallest absolute Gasteiger partial charge is 0.340 e. The molecule has 34 heavy (non-hydrogen) atoms. The molecule has 1 saturated heterocycles. The molecule has 9 nitrogen and oxygen atoms in total. The van der Waals surface area contributed by atoms with Gasteiger partial charge in [0.15, 0.2) is 0 Å². The lowest BCUT2D eigenvalue weighted by Crippen LogP contribution is -2.42. The van der Waals surface area contributed by atoms with Crippen molar-refractivity contribution in [3.05, 3.63) is 40.3 Å². The van der Waals surface area contributed by atoms with Crippen LogP contribution in [0.3, 0.4) is 0 Å². The van der Waals surface area contributed by atoms with Crippen LogP contribution in [-0.4, -0.2) is 50.1 Å². The summed E-state index contributed by atoms with van der Waals surface area (Å²) >= 11 is 0. The normalized spacial score (nSPS) is 18.5. The monoisotopic (exact) mass is 486 g/mol. The number of esters is 1. The number of benzene rings is 1. The van der Waals surface area contributed by atoms with Crippen LogP contribution in [-0.2, 0) is 14.8 Å². The maximum absolute atomic E-state index is 13.1. The summed E-state index contributed by atoms with van der Waals surface area (Å²) in [5.74, 6) is -0.148. The van der Waals surface area contributed by atoms with Crippen molar-refractivity contribution in [2.24, 2.45) is 5.92 Å². The van der Waals surface area contributed by atoms with Gasteiger partial charge in [0.05, 0.1) is 17.1 Å². The van der Waals surface area contributed by atoms with Gasteiger partial charge in [0.2, 0.25) is 10.0 Å². The number of hydrogen-bond acceptors (Lipinski definition) is 6. The zero-order valence-corrected chi connectivity index (χ0v) is 19.8. The van der Waals surface area contributed by atoms with E-state index in [-0.39, 0.29) is 27.6 Å². The first-order chi connectivity index (χ1) is 16.4. The highest BCUT2D eigenvalue weighted by molar-refractivity contribution is 7.89. The first-order valence-electron chi connectivity index (χ1n) is 12.0. The van der Waals surface area contributed by atoms with Crippen LogP contribution < -0.4 is 15.6 Å². The highest BCUT2D eigenvalue weighted by atomic mass is 32.2. The number of sulfonamides is 1. The van der Waals surface area contributed by atoms with Crippen LogP contribution >= 0.6 is 0 Å². The Kier molecular flexibility index (Phi) is 6.46. The maximum atomic E-state index is 13.1. The van der Waals surface area contributed by atoms with Crippen molar-refractivity contribution in [1.82, 2.24) is 20.0 Å². The summed E-state index contributed by atoms with van der Waals surface area (Å²) in [7, 11) is -3.77. The van der Waals surface area contributed by atoms with Gasteiger partial charge >= 0.3 is 5.97 Å². The Hall–Kier alpha value is -2.69. The summed E-state index contributed by atoms with van der Waals surface area (Å²) in [6.45, 7) is 1.89. The van der Waals surface area contributed by atoms with Gasteiger partial charge in [-0.25, -0.2) is 17.9 Å². The molecule has 182 valence electrons. The summed E-state index contributed by atoms with van der Waals surface area (Å²) < 4.78 is 34.6. The summed E-state index contributed by atoms with van der Waals surface area (Å²) in [6.07, 6.45) is 8.54. The molecule has 3 aromatic rings. The molecule has 10 heteroatoms. The molecular weight excluding hydrogens is 456 g/mol. The van der Waals surface area contributed by atoms with E-state index < -0.39 is 16.0 Å². The minimum atomic E-state index is -3.77.